The van der Waals surface area contributed by atoms with Gasteiger partial charge in [0.05, 0.1) is 21.8 Å². The normalized spacial score (nSPS) is 17.8. The van der Waals surface area contributed by atoms with E-state index < -0.39 is 6.04 Å². The number of nitrogens with zero attached hydrogens (tertiary/aromatic N) is 4. The zero-order chi connectivity index (χ0) is 25.2. The highest BCUT2D eigenvalue weighted by molar-refractivity contribution is 6.42. The molecular formula is C27H25Cl2N5O2. The molecule has 2 aromatic carbocycles. The number of aromatic nitrogens is 2. The molecule has 36 heavy (non-hydrogen) atoms. The van der Waals surface area contributed by atoms with Gasteiger partial charge in [0.15, 0.2) is 0 Å². The summed E-state index contributed by atoms with van der Waals surface area (Å²) in [4.78, 5) is 30.1. The number of rotatable bonds is 4. The van der Waals surface area contributed by atoms with Gasteiger partial charge in [-0.25, -0.2) is 4.68 Å². The minimum absolute atomic E-state index is 0.0597. The van der Waals surface area contributed by atoms with Gasteiger partial charge >= 0.3 is 0 Å². The highest BCUT2D eigenvalue weighted by atomic mass is 35.5. The van der Waals surface area contributed by atoms with Gasteiger partial charge in [0.1, 0.15) is 11.9 Å². The quantitative estimate of drug-likeness (QED) is 0.497. The Bertz CT molecular complexity index is 1360. The third-order valence-corrected chi connectivity index (χ3v) is 7.23. The second-order valence-electron chi connectivity index (χ2n) is 8.76. The predicted molar refractivity (Wildman–Crippen MR) is 142 cm³/mol. The van der Waals surface area contributed by atoms with Crippen molar-refractivity contribution in [2.45, 2.75) is 13.0 Å². The van der Waals surface area contributed by atoms with Gasteiger partial charge in [-0.2, -0.15) is 5.10 Å². The Morgan fingerprint density at radius 3 is 2.42 bits per heavy atom. The van der Waals surface area contributed by atoms with Gasteiger partial charge in [-0.3, -0.25) is 9.59 Å². The summed E-state index contributed by atoms with van der Waals surface area (Å²) in [5.74, 6) is 0.639. The first kappa shape index (κ1) is 24.2. The minimum Gasteiger partial charge on any atom is -0.344 e. The molecule has 184 valence electrons. The van der Waals surface area contributed by atoms with E-state index in [-0.39, 0.29) is 11.8 Å². The molecule has 5 rings (SSSR count). The molecule has 2 aliphatic rings. The lowest BCUT2D eigenvalue weighted by Crippen LogP contribution is -2.51. The van der Waals surface area contributed by atoms with E-state index in [1.54, 1.807) is 38.9 Å². The number of halogens is 2. The summed E-state index contributed by atoms with van der Waals surface area (Å²) in [5.41, 5.74) is 3.14. The third-order valence-electron chi connectivity index (χ3n) is 6.49. The first-order chi connectivity index (χ1) is 17.4. The van der Waals surface area contributed by atoms with Crippen molar-refractivity contribution < 1.29 is 9.59 Å². The number of carbonyl (C=O) groups excluding carboxylic acids is 2. The lowest BCUT2D eigenvalue weighted by Gasteiger charge is -2.37. The number of allylic oxidation sites excluding steroid dienone is 1. The monoisotopic (exact) mass is 521 g/mol. The third kappa shape index (κ3) is 4.76. The van der Waals surface area contributed by atoms with E-state index in [2.05, 4.69) is 10.4 Å². The second kappa shape index (κ2) is 10.2. The molecule has 1 aromatic heterocycles. The molecule has 9 heteroatoms. The van der Waals surface area contributed by atoms with Crippen LogP contribution in [0.5, 0.6) is 0 Å². The second-order valence-corrected chi connectivity index (χ2v) is 9.58. The van der Waals surface area contributed by atoms with Gasteiger partial charge in [-0.05, 0) is 36.3 Å². The van der Waals surface area contributed by atoms with Gasteiger partial charge in [0.25, 0.3) is 5.91 Å². The maximum atomic E-state index is 13.8. The SMILES string of the molecule is CC1=C(C(=O)N2CCN(C(=O)C=Cc3ccccc3)CC2)C(c2ccc(Cl)c(Cl)c2)n2nccc2N1. The van der Waals surface area contributed by atoms with E-state index in [9.17, 15) is 9.59 Å². The molecule has 0 radical (unpaired) electrons. The lowest BCUT2D eigenvalue weighted by molar-refractivity contribution is -0.134. The molecule has 3 heterocycles. The number of nitrogens with one attached hydrogen (secondary N) is 1. The van der Waals surface area contributed by atoms with E-state index in [1.807, 2.05) is 55.5 Å². The number of benzene rings is 2. The Morgan fingerprint density at radius 1 is 0.972 bits per heavy atom. The van der Waals surface area contributed by atoms with Crippen molar-refractivity contribution in [3.8, 4) is 0 Å². The van der Waals surface area contributed by atoms with Crippen LogP contribution >= 0.6 is 23.2 Å². The van der Waals surface area contributed by atoms with E-state index in [1.165, 1.54) is 0 Å². The van der Waals surface area contributed by atoms with Crippen LogP contribution in [0.3, 0.4) is 0 Å². The Morgan fingerprint density at radius 2 is 1.69 bits per heavy atom. The van der Waals surface area contributed by atoms with Gasteiger partial charge in [0.2, 0.25) is 5.91 Å². The average Bonchev–Trinajstić information content (AvgIpc) is 3.36. The van der Waals surface area contributed by atoms with Gasteiger partial charge in [-0.1, -0.05) is 59.6 Å². The fourth-order valence-corrected chi connectivity index (χ4v) is 4.92. The summed E-state index contributed by atoms with van der Waals surface area (Å²) in [6, 6.07) is 16.5. The van der Waals surface area contributed by atoms with Crippen LogP contribution < -0.4 is 5.32 Å². The number of hydrogen-bond acceptors (Lipinski definition) is 4. The van der Waals surface area contributed by atoms with Crippen LogP contribution in [0.4, 0.5) is 5.82 Å². The van der Waals surface area contributed by atoms with Crippen LogP contribution in [-0.2, 0) is 9.59 Å². The Labute approximate surface area is 219 Å². The summed E-state index contributed by atoms with van der Waals surface area (Å²) in [6.07, 6.45) is 5.09. The molecule has 0 spiro atoms. The average molecular weight is 522 g/mol. The zero-order valence-electron chi connectivity index (χ0n) is 19.7. The number of hydrogen-bond donors (Lipinski definition) is 1. The van der Waals surface area contributed by atoms with Crippen molar-refractivity contribution >= 4 is 46.9 Å². The van der Waals surface area contributed by atoms with Crippen LogP contribution in [0.1, 0.15) is 24.1 Å². The summed E-state index contributed by atoms with van der Waals surface area (Å²) >= 11 is 12.5. The van der Waals surface area contributed by atoms with Crippen molar-refractivity contribution in [2.75, 3.05) is 31.5 Å². The summed E-state index contributed by atoms with van der Waals surface area (Å²) in [5, 5.41) is 8.63. The first-order valence-electron chi connectivity index (χ1n) is 11.7. The molecule has 0 bridgehead atoms. The number of amides is 2. The molecule has 0 aliphatic carbocycles. The van der Waals surface area contributed by atoms with Crippen molar-refractivity contribution in [3.63, 3.8) is 0 Å². The maximum absolute atomic E-state index is 13.8. The van der Waals surface area contributed by atoms with Crippen molar-refractivity contribution in [1.29, 1.82) is 0 Å². The van der Waals surface area contributed by atoms with Gasteiger partial charge in [0, 0.05) is 44.0 Å². The molecule has 1 saturated heterocycles. The largest absolute Gasteiger partial charge is 0.344 e. The highest BCUT2D eigenvalue weighted by Gasteiger charge is 2.36. The number of carbonyl (C=O) groups is 2. The standard InChI is InChI=1S/C27H25Cl2N5O2/c1-18-25(26(34-23(31-18)11-12-30-34)20-8-9-21(28)22(29)17-20)27(36)33-15-13-32(14-16-33)24(35)10-7-19-5-3-2-4-6-19/h2-12,17,26,31H,13-16H2,1H3. The molecule has 0 saturated carbocycles. The number of fused-ring (bicyclic) bond motifs is 1. The molecule has 1 unspecified atom stereocenters. The Kier molecular flexibility index (Phi) is 6.85. The topological polar surface area (TPSA) is 70.5 Å². The van der Waals surface area contributed by atoms with Gasteiger partial charge in [-0.15, -0.1) is 0 Å². The molecule has 7 nitrogen and oxygen atoms in total. The van der Waals surface area contributed by atoms with Crippen LogP contribution in [0.15, 0.2) is 78.1 Å². The summed E-state index contributed by atoms with van der Waals surface area (Å²) < 4.78 is 1.79. The molecule has 1 N–H and O–H groups in total. The summed E-state index contributed by atoms with van der Waals surface area (Å²) in [7, 11) is 0. The molecule has 3 aromatic rings. The number of anilines is 1. The molecule has 2 aliphatic heterocycles. The van der Waals surface area contributed by atoms with Crippen molar-refractivity contribution in [1.82, 2.24) is 19.6 Å². The van der Waals surface area contributed by atoms with E-state index >= 15 is 0 Å². The van der Waals surface area contributed by atoms with Crippen molar-refractivity contribution in [2.24, 2.45) is 0 Å². The van der Waals surface area contributed by atoms with E-state index in [0.717, 1.165) is 22.6 Å². The molecule has 1 fully saturated rings. The number of piperazine rings is 1. The maximum Gasteiger partial charge on any atom is 0.254 e. The Balaban J connectivity index is 1.33. The fraction of sp³-hybridized carbons (Fsp3) is 0.222. The lowest BCUT2D eigenvalue weighted by atomic mass is 9.94. The molecule has 2 amide bonds. The Hall–Kier alpha value is -3.55. The van der Waals surface area contributed by atoms with Gasteiger partial charge < -0.3 is 15.1 Å². The first-order valence-corrected chi connectivity index (χ1v) is 12.5. The van der Waals surface area contributed by atoms with Crippen molar-refractivity contribution in [3.05, 3.63) is 99.3 Å². The van der Waals surface area contributed by atoms with E-state index in [0.29, 0.717) is 41.8 Å². The summed E-state index contributed by atoms with van der Waals surface area (Å²) in [6.45, 7) is 3.71. The van der Waals surface area contributed by atoms with Crippen LogP contribution in [0.2, 0.25) is 10.0 Å². The van der Waals surface area contributed by atoms with Crippen LogP contribution in [0.25, 0.3) is 6.08 Å². The fourth-order valence-electron chi connectivity index (χ4n) is 4.61. The predicted octanol–water partition coefficient (Wildman–Crippen LogP) is 4.86. The van der Waals surface area contributed by atoms with Crippen LogP contribution in [0, 0.1) is 0 Å². The molecule has 1 atom stereocenters. The molecular weight excluding hydrogens is 497 g/mol. The highest BCUT2D eigenvalue weighted by Crippen LogP contribution is 2.38. The van der Waals surface area contributed by atoms with Crippen LogP contribution in [-0.4, -0.2) is 57.6 Å². The van der Waals surface area contributed by atoms with E-state index in [4.69, 9.17) is 23.2 Å². The smallest absolute Gasteiger partial charge is 0.254 e. The minimum atomic E-state index is -0.452. The zero-order valence-corrected chi connectivity index (χ0v) is 21.2.